The zero-order valence-corrected chi connectivity index (χ0v) is 11.5. The Bertz CT molecular complexity index is 484. The summed E-state index contributed by atoms with van der Waals surface area (Å²) in [5.41, 5.74) is 0.873. The first kappa shape index (κ1) is 13.1. The van der Waals surface area contributed by atoms with Gasteiger partial charge in [0.1, 0.15) is 5.82 Å². The Morgan fingerprint density at radius 2 is 2.22 bits per heavy atom. The van der Waals surface area contributed by atoms with Crippen LogP contribution >= 0.6 is 11.3 Å². The van der Waals surface area contributed by atoms with Crippen molar-refractivity contribution in [3.05, 3.63) is 46.3 Å². The van der Waals surface area contributed by atoms with E-state index in [4.69, 9.17) is 0 Å². The maximum absolute atomic E-state index is 9.34. The molecule has 2 aromatic rings. The molecule has 1 N–H and O–H groups in total. The number of anilines is 1. The van der Waals surface area contributed by atoms with Gasteiger partial charge >= 0.3 is 0 Å². The Balaban J connectivity index is 2.12. The van der Waals surface area contributed by atoms with Crippen molar-refractivity contribution >= 4 is 17.2 Å². The van der Waals surface area contributed by atoms with E-state index in [1.54, 1.807) is 17.5 Å². The van der Waals surface area contributed by atoms with Crippen LogP contribution in [0.15, 0.2) is 35.8 Å². The summed E-state index contributed by atoms with van der Waals surface area (Å²) in [7, 11) is 2.03. The number of aliphatic hydroxyl groups excluding tert-OH is 1. The number of aromatic nitrogens is 1. The molecule has 0 aliphatic rings. The first-order valence-corrected chi connectivity index (χ1v) is 6.90. The van der Waals surface area contributed by atoms with Crippen molar-refractivity contribution < 1.29 is 5.11 Å². The lowest BCUT2D eigenvalue weighted by atomic mass is 10.1. The van der Waals surface area contributed by atoms with Crippen LogP contribution in [0, 0.1) is 0 Å². The summed E-state index contributed by atoms with van der Waals surface area (Å²) in [4.78, 5) is 7.87. The molecule has 18 heavy (non-hydrogen) atoms. The Hall–Kier alpha value is -1.39. The van der Waals surface area contributed by atoms with Gasteiger partial charge in [-0.05, 0) is 24.4 Å². The Morgan fingerprint density at radius 1 is 1.39 bits per heavy atom. The van der Waals surface area contributed by atoms with Crippen molar-refractivity contribution in [2.24, 2.45) is 0 Å². The van der Waals surface area contributed by atoms with Gasteiger partial charge in [-0.25, -0.2) is 4.98 Å². The smallest absolute Gasteiger partial charge is 0.134 e. The minimum Gasteiger partial charge on any atom is -0.392 e. The maximum Gasteiger partial charge on any atom is 0.134 e. The fourth-order valence-corrected chi connectivity index (χ4v) is 2.76. The molecular formula is C14H18N2OS. The van der Waals surface area contributed by atoms with Gasteiger partial charge in [0, 0.05) is 36.1 Å². The third kappa shape index (κ3) is 2.89. The van der Waals surface area contributed by atoms with Crippen molar-refractivity contribution in [1.82, 2.24) is 4.98 Å². The monoisotopic (exact) mass is 262 g/mol. The van der Waals surface area contributed by atoms with Gasteiger partial charge in [-0.15, -0.1) is 11.3 Å². The minimum absolute atomic E-state index is 0.0270. The van der Waals surface area contributed by atoms with Crippen molar-refractivity contribution in [3.63, 3.8) is 0 Å². The van der Waals surface area contributed by atoms with Crippen LogP contribution in [0.2, 0.25) is 0 Å². The van der Waals surface area contributed by atoms with E-state index in [2.05, 4.69) is 34.3 Å². The molecule has 3 nitrogen and oxygen atoms in total. The highest BCUT2D eigenvalue weighted by Crippen LogP contribution is 2.21. The number of aliphatic hydroxyl groups is 1. The third-order valence-corrected chi connectivity index (χ3v) is 4.01. The van der Waals surface area contributed by atoms with Gasteiger partial charge in [-0.1, -0.05) is 12.1 Å². The number of rotatable bonds is 5. The summed E-state index contributed by atoms with van der Waals surface area (Å²) in [6.45, 7) is 2.20. The molecule has 1 unspecified atom stereocenters. The summed E-state index contributed by atoms with van der Waals surface area (Å²) in [6, 6.07) is 8.35. The van der Waals surface area contributed by atoms with Crippen LogP contribution in [-0.2, 0) is 13.0 Å². The molecule has 2 aromatic heterocycles. The summed E-state index contributed by atoms with van der Waals surface area (Å²) in [6.07, 6.45) is 2.76. The van der Waals surface area contributed by atoms with Gasteiger partial charge in [-0.3, -0.25) is 0 Å². The molecule has 0 radical (unpaired) electrons. The van der Waals surface area contributed by atoms with E-state index in [0.717, 1.165) is 17.8 Å². The molecule has 0 aliphatic heterocycles. The largest absolute Gasteiger partial charge is 0.392 e. The molecule has 2 rings (SSSR count). The van der Waals surface area contributed by atoms with E-state index in [0.29, 0.717) is 6.04 Å². The lowest BCUT2D eigenvalue weighted by Crippen LogP contribution is -2.32. The molecular weight excluding hydrogens is 244 g/mol. The van der Waals surface area contributed by atoms with Crippen molar-refractivity contribution in [3.8, 4) is 0 Å². The zero-order valence-electron chi connectivity index (χ0n) is 10.7. The molecule has 1 atom stereocenters. The van der Waals surface area contributed by atoms with Gasteiger partial charge in [0.15, 0.2) is 0 Å². The molecule has 0 aromatic carbocycles. The first-order chi connectivity index (χ1) is 8.72. The second-order valence-corrected chi connectivity index (χ2v) is 5.42. The van der Waals surface area contributed by atoms with Crippen LogP contribution in [0.5, 0.6) is 0 Å². The number of pyridine rings is 1. The van der Waals surface area contributed by atoms with Crippen LogP contribution < -0.4 is 4.90 Å². The molecule has 0 fully saturated rings. The molecule has 0 amide bonds. The first-order valence-electron chi connectivity index (χ1n) is 6.02. The third-order valence-electron chi connectivity index (χ3n) is 3.11. The van der Waals surface area contributed by atoms with E-state index >= 15 is 0 Å². The lowest BCUT2D eigenvalue weighted by molar-refractivity contribution is 0.281. The standard InChI is InChI=1S/C14H18N2OS/c1-11(9-13-6-4-8-18-13)16(2)14-12(10-17)5-3-7-15-14/h3-8,11,17H,9-10H2,1-2H3. The van der Waals surface area contributed by atoms with E-state index in [1.165, 1.54) is 4.88 Å². The van der Waals surface area contributed by atoms with Crippen molar-refractivity contribution in [2.45, 2.75) is 26.0 Å². The van der Waals surface area contributed by atoms with Crippen molar-refractivity contribution in [2.75, 3.05) is 11.9 Å². The van der Waals surface area contributed by atoms with E-state index in [1.807, 2.05) is 19.2 Å². The molecule has 96 valence electrons. The Kier molecular flexibility index (Phi) is 4.33. The fourth-order valence-electron chi connectivity index (χ4n) is 1.94. The number of hydrogen-bond acceptors (Lipinski definition) is 4. The minimum atomic E-state index is 0.0270. The highest BCUT2D eigenvalue weighted by atomic mass is 32.1. The second-order valence-electron chi connectivity index (χ2n) is 4.39. The number of thiophene rings is 1. The summed E-state index contributed by atoms with van der Waals surface area (Å²) >= 11 is 1.78. The average Bonchev–Trinajstić information content (AvgIpc) is 2.90. The van der Waals surface area contributed by atoms with Crippen LogP contribution in [0.3, 0.4) is 0 Å². The molecule has 2 heterocycles. The lowest BCUT2D eigenvalue weighted by Gasteiger charge is -2.27. The van der Waals surface area contributed by atoms with E-state index in [9.17, 15) is 5.11 Å². The normalized spacial score (nSPS) is 12.4. The number of hydrogen-bond donors (Lipinski definition) is 1. The molecule has 0 bridgehead atoms. The molecule has 0 spiro atoms. The van der Waals surface area contributed by atoms with Gasteiger partial charge in [0.25, 0.3) is 0 Å². The van der Waals surface area contributed by atoms with Crippen LogP contribution in [0.4, 0.5) is 5.82 Å². The predicted molar refractivity (Wildman–Crippen MR) is 76.0 cm³/mol. The summed E-state index contributed by atoms with van der Waals surface area (Å²) < 4.78 is 0. The molecule has 0 saturated carbocycles. The second kappa shape index (κ2) is 5.98. The van der Waals surface area contributed by atoms with Gasteiger partial charge in [-0.2, -0.15) is 0 Å². The summed E-state index contributed by atoms with van der Waals surface area (Å²) in [5.74, 6) is 0.865. The number of likely N-dealkylation sites (N-methyl/N-ethyl adjacent to an activating group) is 1. The molecule has 0 aliphatic carbocycles. The predicted octanol–water partition coefficient (Wildman–Crippen LogP) is 2.70. The van der Waals surface area contributed by atoms with Gasteiger partial charge < -0.3 is 10.0 Å². The highest BCUT2D eigenvalue weighted by molar-refractivity contribution is 7.09. The molecule has 0 saturated heterocycles. The van der Waals surface area contributed by atoms with Crippen LogP contribution in [0.1, 0.15) is 17.4 Å². The van der Waals surface area contributed by atoms with Crippen LogP contribution in [-0.4, -0.2) is 23.2 Å². The maximum atomic E-state index is 9.34. The van der Waals surface area contributed by atoms with Gasteiger partial charge in [0.05, 0.1) is 6.61 Å². The van der Waals surface area contributed by atoms with Crippen LogP contribution in [0.25, 0.3) is 0 Å². The topological polar surface area (TPSA) is 36.4 Å². The number of nitrogens with zero attached hydrogens (tertiary/aromatic N) is 2. The Labute approximate surface area is 112 Å². The quantitative estimate of drug-likeness (QED) is 0.900. The summed E-state index contributed by atoms with van der Waals surface area (Å²) in [5, 5.41) is 11.4. The Morgan fingerprint density at radius 3 is 2.89 bits per heavy atom. The molecule has 4 heteroatoms. The van der Waals surface area contributed by atoms with Gasteiger partial charge in [0.2, 0.25) is 0 Å². The van der Waals surface area contributed by atoms with Crippen molar-refractivity contribution in [1.29, 1.82) is 0 Å². The highest BCUT2D eigenvalue weighted by Gasteiger charge is 2.15. The fraction of sp³-hybridized carbons (Fsp3) is 0.357. The SMILES string of the molecule is CC(Cc1cccs1)N(C)c1ncccc1CO. The van der Waals surface area contributed by atoms with E-state index < -0.39 is 0 Å². The average molecular weight is 262 g/mol. The zero-order chi connectivity index (χ0) is 13.0. The van der Waals surface area contributed by atoms with E-state index in [-0.39, 0.29) is 6.61 Å².